The van der Waals surface area contributed by atoms with E-state index in [1.54, 1.807) is 11.3 Å². The van der Waals surface area contributed by atoms with Crippen molar-refractivity contribution in [3.05, 3.63) is 40.3 Å². The van der Waals surface area contributed by atoms with Crippen molar-refractivity contribution in [2.45, 2.75) is 39.7 Å². The number of likely N-dealkylation sites (tertiary alicyclic amines) is 1. The molecule has 0 radical (unpaired) electrons. The maximum atomic E-state index is 12.3. The first-order valence-corrected chi connectivity index (χ1v) is 11.6. The van der Waals surface area contributed by atoms with E-state index < -0.39 is 0 Å². The molecule has 1 aliphatic rings. The van der Waals surface area contributed by atoms with Gasteiger partial charge in [-0.3, -0.25) is 9.69 Å². The third kappa shape index (κ3) is 4.96. The number of piperidine rings is 1. The first-order chi connectivity index (χ1) is 13.5. The number of rotatable bonds is 6. The second-order valence-electron chi connectivity index (χ2n) is 7.91. The lowest BCUT2D eigenvalue weighted by Crippen LogP contribution is -2.38. The molecule has 1 aliphatic heterocycles. The molecule has 1 fully saturated rings. The van der Waals surface area contributed by atoms with Gasteiger partial charge in [-0.2, -0.15) is 0 Å². The van der Waals surface area contributed by atoms with Crippen LogP contribution in [0.15, 0.2) is 29.6 Å². The van der Waals surface area contributed by atoms with Crippen LogP contribution in [0.2, 0.25) is 0 Å². The molecule has 1 N–H and O–H groups in total. The van der Waals surface area contributed by atoms with Gasteiger partial charge >= 0.3 is 0 Å². The van der Waals surface area contributed by atoms with Crippen LogP contribution < -0.4 is 5.32 Å². The number of thiazole rings is 2. The third-order valence-corrected chi connectivity index (χ3v) is 6.93. The van der Waals surface area contributed by atoms with Crippen LogP contribution in [-0.4, -0.2) is 33.9 Å². The Morgan fingerprint density at radius 2 is 2.00 bits per heavy atom. The van der Waals surface area contributed by atoms with Gasteiger partial charge in [0.05, 0.1) is 20.9 Å². The second kappa shape index (κ2) is 8.68. The zero-order valence-corrected chi connectivity index (χ0v) is 18.0. The molecule has 3 aromatic rings. The van der Waals surface area contributed by atoms with E-state index in [0.717, 1.165) is 47.7 Å². The predicted octanol–water partition coefficient (Wildman–Crippen LogP) is 4.80. The normalized spacial score (nSPS) is 20.5. The molecule has 0 bridgehead atoms. The first kappa shape index (κ1) is 19.5. The number of carbonyl (C=O) groups excluding carboxylic acids is 1. The quantitative estimate of drug-likeness (QED) is 0.629. The summed E-state index contributed by atoms with van der Waals surface area (Å²) in [4.78, 5) is 24.0. The van der Waals surface area contributed by atoms with E-state index in [1.807, 2.05) is 18.2 Å². The minimum atomic E-state index is 0.000345. The van der Waals surface area contributed by atoms with Crippen LogP contribution >= 0.6 is 22.7 Å². The fraction of sp³-hybridized carbons (Fsp3) is 0.476. The van der Waals surface area contributed by atoms with E-state index in [2.05, 4.69) is 45.5 Å². The lowest BCUT2D eigenvalue weighted by atomic mass is 9.92. The smallest absolute Gasteiger partial charge is 0.226 e. The molecule has 28 heavy (non-hydrogen) atoms. The summed E-state index contributed by atoms with van der Waals surface area (Å²) in [7, 11) is 0. The highest BCUT2D eigenvalue weighted by Crippen LogP contribution is 2.25. The molecule has 0 aliphatic carbocycles. The number of fused-ring (bicyclic) bond motifs is 1. The molecule has 1 saturated heterocycles. The van der Waals surface area contributed by atoms with Gasteiger partial charge in [-0.25, -0.2) is 9.97 Å². The number of anilines is 1. The lowest BCUT2D eigenvalue weighted by molar-refractivity contribution is -0.116. The topological polar surface area (TPSA) is 58.1 Å². The van der Waals surface area contributed by atoms with Crippen LogP contribution in [-0.2, 0) is 17.8 Å². The average molecular weight is 415 g/mol. The average Bonchev–Trinajstić information content (AvgIpc) is 3.25. The highest BCUT2D eigenvalue weighted by molar-refractivity contribution is 7.18. The second-order valence-corrected chi connectivity index (χ2v) is 9.88. The van der Waals surface area contributed by atoms with Crippen LogP contribution in [0, 0.1) is 11.8 Å². The number of benzene rings is 1. The minimum Gasteiger partial charge on any atom is -0.302 e. The molecule has 148 valence electrons. The van der Waals surface area contributed by atoms with Gasteiger partial charge in [0.2, 0.25) is 5.91 Å². The van der Waals surface area contributed by atoms with Crippen molar-refractivity contribution in [2.75, 3.05) is 18.4 Å². The third-order valence-electron chi connectivity index (χ3n) is 5.03. The zero-order valence-electron chi connectivity index (χ0n) is 16.4. The fourth-order valence-electron chi connectivity index (χ4n) is 4.02. The Morgan fingerprint density at radius 3 is 2.79 bits per heavy atom. The van der Waals surface area contributed by atoms with Gasteiger partial charge < -0.3 is 5.32 Å². The number of carbonyl (C=O) groups is 1. The van der Waals surface area contributed by atoms with Gasteiger partial charge in [0, 0.05) is 37.9 Å². The Labute approximate surface area is 173 Å². The number of hydrogen-bond donors (Lipinski definition) is 1. The molecule has 4 rings (SSSR count). The molecule has 2 atom stereocenters. The summed E-state index contributed by atoms with van der Waals surface area (Å²) in [6.45, 7) is 7.77. The van der Waals surface area contributed by atoms with Gasteiger partial charge in [0.1, 0.15) is 0 Å². The summed E-state index contributed by atoms with van der Waals surface area (Å²) in [5.74, 6) is 1.48. The molecule has 2 unspecified atom stereocenters. The number of aryl methyl sites for hydroxylation is 1. The standard InChI is InChI=1S/C21H26N4OS2/c1-14-9-15(2)11-25(10-14)12-16-13-27-21(22-16)24-19(26)7-8-20-23-17-5-3-4-6-18(17)28-20/h3-6,13-15H,7-12H2,1-2H3,(H,22,24,26). The first-order valence-electron chi connectivity index (χ1n) is 9.86. The van der Waals surface area contributed by atoms with Crippen LogP contribution in [0.25, 0.3) is 10.2 Å². The van der Waals surface area contributed by atoms with E-state index in [1.165, 1.54) is 22.5 Å². The Morgan fingerprint density at radius 1 is 1.21 bits per heavy atom. The molecular formula is C21H26N4OS2. The van der Waals surface area contributed by atoms with Crippen LogP contribution in [0.1, 0.15) is 37.4 Å². The monoisotopic (exact) mass is 414 g/mol. The van der Waals surface area contributed by atoms with Crippen LogP contribution in [0.5, 0.6) is 0 Å². The van der Waals surface area contributed by atoms with E-state index >= 15 is 0 Å². The number of hydrogen-bond acceptors (Lipinski definition) is 6. The van der Waals surface area contributed by atoms with Crippen molar-refractivity contribution in [2.24, 2.45) is 11.8 Å². The molecule has 0 spiro atoms. The Balaban J connectivity index is 1.27. The van der Waals surface area contributed by atoms with Crippen molar-refractivity contribution >= 4 is 43.9 Å². The lowest BCUT2D eigenvalue weighted by Gasteiger charge is -2.34. The van der Waals surface area contributed by atoms with Crippen molar-refractivity contribution in [3.63, 3.8) is 0 Å². The molecule has 0 saturated carbocycles. The number of nitrogens with zero attached hydrogens (tertiary/aromatic N) is 3. The Bertz CT molecular complexity index is 908. The summed E-state index contributed by atoms with van der Waals surface area (Å²) in [5.41, 5.74) is 2.06. The number of amides is 1. The van der Waals surface area contributed by atoms with Crippen molar-refractivity contribution in [3.8, 4) is 0 Å². The Kier molecular flexibility index (Phi) is 6.04. The number of nitrogens with one attached hydrogen (secondary N) is 1. The number of aromatic nitrogens is 2. The van der Waals surface area contributed by atoms with E-state index in [-0.39, 0.29) is 5.91 Å². The summed E-state index contributed by atoms with van der Waals surface area (Å²) in [6.07, 6.45) is 2.40. The maximum Gasteiger partial charge on any atom is 0.226 e. The Hall–Kier alpha value is -1.83. The van der Waals surface area contributed by atoms with Gasteiger partial charge in [-0.05, 0) is 30.4 Å². The zero-order chi connectivity index (χ0) is 19.5. The SMILES string of the molecule is CC1CC(C)CN(Cc2csc(NC(=O)CCc3nc4ccccc4s3)n2)C1. The summed E-state index contributed by atoms with van der Waals surface area (Å²) >= 11 is 3.17. The molecule has 2 aromatic heterocycles. The van der Waals surface area contributed by atoms with Crippen molar-refractivity contribution in [1.82, 2.24) is 14.9 Å². The van der Waals surface area contributed by atoms with Crippen molar-refractivity contribution in [1.29, 1.82) is 0 Å². The van der Waals surface area contributed by atoms with Crippen LogP contribution in [0.4, 0.5) is 5.13 Å². The highest BCUT2D eigenvalue weighted by atomic mass is 32.1. The van der Waals surface area contributed by atoms with E-state index in [4.69, 9.17) is 0 Å². The molecule has 5 nitrogen and oxygen atoms in total. The van der Waals surface area contributed by atoms with Gasteiger partial charge in [0.15, 0.2) is 5.13 Å². The fourth-order valence-corrected chi connectivity index (χ4v) is 5.70. The highest BCUT2D eigenvalue weighted by Gasteiger charge is 2.22. The van der Waals surface area contributed by atoms with Gasteiger partial charge in [-0.1, -0.05) is 26.0 Å². The largest absolute Gasteiger partial charge is 0.302 e. The predicted molar refractivity (Wildman–Crippen MR) is 117 cm³/mol. The minimum absolute atomic E-state index is 0.000345. The van der Waals surface area contributed by atoms with Crippen molar-refractivity contribution < 1.29 is 4.79 Å². The molecule has 3 heterocycles. The maximum absolute atomic E-state index is 12.3. The molecule has 1 amide bonds. The molecule has 7 heteroatoms. The van der Waals surface area contributed by atoms with Crippen LogP contribution in [0.3, 0.4) is 0 Å². The van der Waals surface area contributed by atoms with E-state index in [0.29, 0.717) is 18.0 Å². The molecular weight excluding hydrogens is 388 g/mol. The summed E-state index contributed by atoms with van der Waals surface area (Å²) < 4.78 is 1.17. The number of para-hydroxylation sites is 1. The van der Waals surface area contributed by atoms with E-state index in [9.17, 15) is 4.79 Å². The van der Waals surface area contributed by atoms with Gasteiger partial charge in [0.25, 0.3) is 0 Å². The summed E-state index contributed by atoms with van der Waals surface area (Å²) in [6, 6.07) is 8.08. The molecule has 1 aromatic carbocycles. The summed E-state index contributed by atoms with van der Waals surface area (Å²) in [5, 5.41) is 6.71. The van der Waals surface area contributed by atoms with Gasteiger partial charge in [-0.15, -0.1) is 22.7 Å².